The van der Waals surface area contributed by atoms with Gasteiger partial charge in [-0.2, -0.15) is 0 Å². The average Bonchev–Trinajstić information content (AvgIpc) is 3.41. The van der Waals surface area contributed by atoms with E-state index in [1.165, 1.54) is 6.07 Å². The molecule has 4 rings (SSSR count). The number of carbonyl (C=O) groups is 1. The summed E-state index contributed by atoms with van der Waals surface area (Å²) < 4.78 is 49.9. The quantitative estimate of drug-likeness (QED) is 0.455. The molecule has 0 unspecified atom stereocenters. The number of hydrogen-bond acceptors (Lipinski definition) is 9. The molecule has 0 aliphatic carbocycles. The molecule has 2 aromatic carbocycles. The number of sulfonamides is 1. The third-order valence-corrected chi connectivity index (χ3v) is 8.34. The molecule has 2 aromatic rings. The molecule has 0 bridgehead atoms. The maximum atomic E-state index is 14.1. The lowest BCUT2D eigenvalue weighted by Crippen LogP contribution is -2.47. The second-order valence-electron chi connectivity index (χ2n) is 11.8. The molecule has 4 atom stereocenters. The Balaban J connectivity index is 1.59. The minimum Gasteiger partial charge on any atom is -0.490 e. The van der Waals surface area contributed by atoms with Gasteiger partial charge in [-0.05, 0) is 76.1 Å². The number of nitrogens with zero attached hydrogens (tertiary/aromatic N) is 2. The predicted molar refractivity (Wildman–Crippen MR) is 164 cm³/mol. The molecule has 2 aliphatic heterocycles. The molecule has 0 radical (unpaired) electrons. The van der Waals surface area contributed by atoms with Gasteiger partial charge >= 0.3 is 0 Å². The van der Waals surface area contributed by atoms with Gasteiger partial charge in [0.25, 0.3) is 5.91 Å². The van der Waals surface area contributed by atoms with Crippen molar-refractivity contribution in [1.82, 2.24) is 9.80 Å². The molecule has 2 heterocycles. The number of aliphatic hydroxyl groups is 1. The lowest BCUT2D eigenvalue weighted by Gasteiger charge is -2.36. The molecule has 238 valence electrons. The summed E-state index contributed by atoms with van der Waals surface area (Å²) in [6.07, 6.45) is 3.22. The fraction of sp³-hybridized carbons (Fsp3) is 0.581. The van der Waals surface area contributed by atoms with Gasteiger partial charge in [-0.3, -0.25) is 14.4 Å². The highest BCUT2D eigenvalue weighted by molar-refractivity contribution is 7.92. The Bertz CT molecular complexity index is 1350. The molecule has 2 aliphatic rings. The van der Waals surface area contributed by atoms with E-state index in [4.69, 9.17) is 18.9 Å². The highest BCUT2D eigenvalue weighted by Crippen LogP contribution is 2.33. The van der Waals surface area contributed by atoms with Gasteiger partial charge in [0, 0.05) is 37.8 Å². The normalized spacial score (nSPS) is 22.4. The van der Waals surface area contributed by atoms with Crippen molar-refractivity contribution in [3.8, 4) is 17.2 Å². The maximum absolute atomic E-state index is 14.1. The number of anilines is 1. The van der Waals surface area contributed by atoms with E-state index in [1.54, 1.807) is 24.0 Å². The number of likely N-dealkylation sites (N-methyl/N-ethyl adjacent to an activating group) is 1. The Morgan fingerprint density at radius 2 is 1.84 bits per heavy atom. The van der Waals surface area contributed by atoms with Crippen LogP contribution < -0.4 is 18.9 Å². The zero-order valence-electron chi connectivity index (χ0n) is 25.7. The van der Waals surface area contributed by atoms with Crippen molar-refractivity contribution in [2.45, 2.75) is 64.8 Å². The Hall–Kier alpha value is -3.06. The minimum absolute atomic E-state index is 0.0827. The van der Waals surface area contributed by atoms with E-state index in [-0.39, 0.29) is 48.7 Å². The van der Waals surface area contributed by atoms with Crippen LogP contribution in [0.3, 0.4) is 0 Å². The SMILES string of the molecule is C[C@@H]1CN([C@@H](C)CO)C(=O)c2cc(NS(C)(=O)=O)ccc2O[C@@H](C)CCCCO[C@@H]1CN(C)Cc1ccc2c(c1)OCO2. The largest absolute Gasteiger partial charge is 0.490 e. The van der Waals surface area contributed by atoms with Gasteiger partial charge in [-0.25, -0.2) is 8.42 Å². The molecule has 0 aromatic heterocycles. The first-order valence-electron chi connectivity index (χ1n) is 14.8. The molecule has 0 saturated carbocycles. The van der Waals surface area contributed by atoms with Gasteiger partial charge in [0.2, 0.25) is 16.8 Å². The van der Waals surface area contributed by atoms with Gasteiger partial charge in [0.1, 0.15) is 5.75 Å². The molecule has 0 saturated heterocycles. The number of ether oxygens (including phenoxy) is 4. The van der Waals surface area contributed by atoms with Crippen LogP contribution in [0.25, 0.3) is 0 Å². The molecule has 1 amide bonds. The third-order valence-electron chi connectivity index (χ3n) is 7.74. The van der Waals surface area contributed by atoms with Crippen molar-refractivity contribution in [3.05, 3.63) is 47.5 Å². The first kappa shape index (κ1) is 32.8. The van der Waals surface area contributed by atoms with Crippen molar-refractivity contribution in [2.75, 3.05) is 51.1 Å². The lowest BCUT2D eigenvalue weighted by atomic mass is 10.0. The molecule has 0 fully saturated rings. The highest BCUT2D eigenvalue weighted by atomic mass is 32.2. The van der Waals surface area contributed by atoms with Crippen molar-refractivity contribution < 1.29 is 37.3 Å². The summed E-state index contributed by atoms with van der Waals surface area (Å²) in [6.45, 7) is 8.00. The maximum Gasteiger partial charge on any atom is 0.258 e. The van der Waals surface area contributed by atoms with Crippen molar-refractivity contribution in [2.24, 2.45) is 5.92 Å². The number of fused-ring (bicyclic) bond motifs is 2. The van der Waals surface area contributed by atoms with Gasteiger partial charge in [0.15, 0.2) is 11.5 Å². The van der Waals surface area contributed by atoms with E-state index in [0.29, 0.717) is 32.0 Å². The number of carbonyl (C=O) groups excluding carboxylic acids is 1. The Morgan fingerprint density at radius 1 is 1.09 bits per heavy atom. The van der Waals surface area contributed by atoms with Crippen LogP contribution in [-0.4, -0.2) is 93.9 Å². The summed E-state index contributed by atoms with van der Waals surface area (Å²) in [7, 11) is -1.52. The first-order valence-corrected chi connectivity index (χ1v) is 16.7. The summed E-state index contributed by atoms with van der Waals surface area (Å²) in [5.74, 6) is 1.44. The molecular formula is C31H45N3O8S. The molecule has 0 spiro atoms. The van der Waals surface area contributed by atoms with Crippen LogP contribution in [0.4, 0.5) is 5.69 Å². The Kier molecular flexibility index (Phi) is 11.2. The van der Waals surface area contributed by atoms with Crippen molar-refractivity contribution in [1.29, 1.82) is 0 Å². The van der Waals surface area contributed by atoms with Crippen molar-refractivity contribution >= 4 is 21.6 Å². The summed E-state index contributed by atoms with van der Waals surface area (Å²) in [6, 6.07) is 10.2. The van der Waals surface area contributed by atoms with Crippen LogP contribution in [0.2, 0.25) is 0 Å². The molecule has 2 N–H and O–H groups in total. The molecule has 43 heavy (non-hydrogen) atoms. The topological polar surface area (TPSA) is 127 Å². The molecule has 12 heteroatoms. The second kappa shape index (κ2) is 14.6. The third kappa shape index (κ3) is 9.21. The number of aliphatic hydroxyl groups excluding tert-OH is 1. The zero-order valence-corrected chi connectivity index (χ0v) is 26.6. The summed E-state index contributed by atoms with van der Waals surface area (Å²) >= 11 is 0. The lowest BCUT2D eigenvalue weighted by molar-refractivity contribution is -0.0177. The van der Waals surface area contributed by atoms with E-state index in [9.17, 15) is 18.3 Å². The van der Waals surface area contributed by atoms with Gasteiger partial charge in [-0.15, -0.1) is 0 Å². The van der Waals surface area contributed by atoms with Crippen LogP contribution >= 0.6 is 0 Å². The Labute approximate surface area is 255 Å². The number of nitrogens with one attached hydrogen (secondary N) is 1. The monoisotopic (exact) mass is 619 g/mol. The standard InChI is InChI=1S/C31H45N3O8S/c1-21-16-34(22(2)19-35)31(36)26-15-25(32-43(5,37)38)10-12-27(26)42-23(3)8-6-7-13-39-30(21)18-33(4)17-24-9-11-28-29(14-24)41-20-40-28/h9-12,14-15,21-23,30,32,35H,6-8,13,16-20H2,1-5H3/t21-,22+,23+,30-/m1/s1. The minimum atomic E-state index is -3.56. The fourth-order valence-electron chi connectivity index (χ4n) is 5.39. The van der Waals surface area contributed by atoms with E-state index < -0.39 is 16.1 Å². The predicted octanol–water partition coefficient (Wildman–Crippen LogP) is 3.71. The van der Waals surface area contributed by atoms with Crippen LogP contribution in [0.5, 0.6) is 17.2 Å². The molecular weight excluding hydrogens is 574 g/mol. The zero-order chi connectivity index (χ0) is 31.1. The van der Waals surface area contributed by atoms with Crippen molar-refractivity contribution in [3.63, 3.8) is 0 Å². The smallest absolute Gasteiger partial charge is 0.258 e. The first-order chi connectivity index (χ1) is 20.4. The van der Waals surface area contributed by atoms with Gasteiger partial charge in [0.05, 0.1) is 36.7 Å². The number of benzene rings is 2. The van der Waals surface area contributed by atoms with Crippen LogP contribution in [-0.2, 0) is 21.3 Å². The van der Waals surface area contributed by atoms with Crippen LogP contribution in [0.15, 0.2) is 36.4 Å². The Morgan fingerprint density at radius 3 is 2.58 bits per heavy atom. The average molecular weight is 620 g/mol. The van der Waals surface area contributed by atoms with E-state index >= 15 is 0 Å². The van der Waals surface area contributed by atoms with E-state index in [2.05, 4.69) is 16.5 Å². The van der Waals surface area contributed by atoms with Crippen LogP contribution in [0.1, 0.15) is 56.0 Å². The number of rotatable bonds is 8. The summed E-state index contributed by atoms with van der Waals surface area (Å²) in [5, 5.41) is 10.1. The molecule has 11 nitrogen and oxygen atoms in total. The summed E-state index contributed by atoms with van der Waals surface area (Å²) in [4.78, 5) is 17.9. The number of amides is 1. The fourth-order valence-corrected chi connectivity index (χ4v) is 5.94. The highest BCUT2D eigenvalue weighted by Gasteiger charge is 2.30. The number of hydrogen-bond donors (Lipinski definition) is 2. The van der Waals surface area contributed by atoms with Gasteiger partial charge < -0.3 is 29.0 Å². The van der Waals surface area contributed by atoms with E-state index in [1.807, 2.05) is 32.2 Å². The second-order valence-corrected chi connectivity index (χ2v) is 13.5. The van der Waals surface area contributed by atoms with E-state index in [0.717, 1.165) is 42.6 Å². The summed E-state index contributed by atoms with van der Waals surface area (Å²) in [5.41, 5.74) is 1.60. The van der Waals surface area contributed by atoms with Gasteiger partial charge in [-0.1, -0.05) is 13.0 Å². The van der Waals surface area contributed by atoms with Crippen LogP contribution in [0, 0.1) is 5.92 Å².